The van der Waals surface area contributed by atoms with Crippen LogP contribution in [0.25, 0.3) is 0 Å². The van der Waals surface area contributed by atoms with Gasteiger partial charge in [-0.15, -0.1) is 11.6 Å². The third-order valence-corrected chi connectivity index (χ3v) is 10.4. The molecule has 2 bridgehead atoms. The number of rotatable bonds is 3. The number of hydrogen-bond acceptors (Lipinski definition) is 6. The molecule has 2 spiro atoms. The molecule has 3 heterocycles. The summed E-state index contributed by atoms with van der Waals surface area (Å²) in [6, 6.07) is 3.43. The Balaban J connectivity index is 1.35. The minimum absolute atomic E-state index is 0.0508. The minimum Gasteiger partial charge on any atom is -0.388 e. The van der Waals surface area contributed by atoms with Gasteiger partial charge in [-0.3, -0.25) is 9.78 Å². The molecule has 6 rings (SSSR count). The molecule has 0 radical (unpaired) electrons. The molecule has 188 valence electrons. The molecule has 8 heteroatoms. The molecule has 3 N–H and O–H groups in total. The summed E-state index contributed by atoms with van der Waals surface area (Å²) < 4.78 is 7.13. The van der Waals surface area contributed by atoms with Crippen molar-refractivity contribution in [2.75, 3.05) is 19.4 Å². The molecule has 0 aromatic carbocycles. The van der Waals surface area contributed by atoms with Gasteiger partial charge in [0, 0.05) is 29.1 Å². The Morgan fingerprint density at radius 2 is 2.06 bits per heavy atom. The number of likely N-dealkylation sites (N-methyl/N-ethyl adjacent to an activating group) is 1. The number of nitrogens with zero attached hydrogens (tertiary/aromatic N) is 2. The molecule has 1 aromatic heterocycles. The van der Waals surface area contributed by atoms with Gasteiger partial charge in [0.2, 0.25) is 0 Å². The zero-order valence-corrected chi connectivity index (χ0v) is 21.3. The van der Waals surface area contributed by atoms with Gasteiger partial charge in [-0.05, 0) is 70.3 Å². The number of alkyl halides is 1. The maximum absolute atomic E-state index is 13.4. The number of anilines is 1. The van der Waals surface area contributed by atoms with Crippen molar-refractivity contribution >= 4 is 23.2 Å². The van der Waals surface area contributed by atoms with Crippen molar-refractivity contribution in [1.29, 1.82) is 0 Å². The Morgan fingerprint density at radius 1 is 1.26 bits per heavy atom. The van der Waals surface area contributed by atoms with E-state index >= 15 is 0 Å². The molecule has 3 aliphatic carbocycles. The van der Waals surface area contributed by atoms with E-state index in [1.165, 1.54) is 0 Å². The maximum Gasteiger partial charge on any atom is 0.251 e. The number of aromatic nitrogens is 1. The second-order valence-corrected chi connectivity index (χ2v) is 12.3. The molecule has 2 aliphatic heterocycles. The lowest BCUT2D eigenvalue weighted by atomic mass is 9.54. The van der Waals surface area contributed by atoms with Gasteiger partial charge >= 0.3 is 0 Å². The first-order valence-corrected chi connectivity index (χ1v) is 13.0. The number of nitrogens with one attached hydrogen (secondary N) is 1. The van der Waals surface area contributed by atoms with Gasteiger partial charge in [-0.2, -0.15) is 0 Å². The lowest BCUT2D eigenvalue weighted by molar-refractivity contribution is -0.201. The van der Waals surface area contributed by atoms with Gasteiger partial charge in [0.05, 0.1) is 34.1 Å². The van der Waals surface area contributed by atoms with Crippen LogP contribution < -0.4 is 5.32 Å². The first-order valence-electron chi connectivity index (χ1n) is 12.6. The van der Waals surface area contributed by atoms with E-state index in [4.69, 9.17) is 16.3 Å². The highest BCUT2D eigenvalue weighted by Gasteiger charge is 2.74. The van der Waals surface area contributed by atoms with Crippen molar-refractivity contribution in [1.82, 2.24) is 9.88 Å². The molecular formula is C27H34ClN3O4. The number of ether oxygens (including phenoxy) is 1. The highest BCUT2D eigenvalue weighted by Crippen LogP contribution is 2.70. The van der Waals surface area contributed by atoms with E-state index < -0.39 is 28.3 Å². The Morgan fingerprint density at radius 3 is 2.77 bits per heavy atom. The Hall–Kier alpha value is -1.77. The Kier molecular flexibility index (Phi) is 5.14. The molecule has 8 unspecified atom stereocenters. The zero-order chi connectivity index (χ0) is 24.8. The number of amides is 1. The average molecular weight is 500 g/mol. The summed E-state index contributed by atoms with van der Waals surface area (Å²) in [5.41, 5.74) is 0.591. The number of halogens is 1. The average Bonchev–Trinajstić information content (AvgIpc) is 3.36. The van der Waals surface area contributed by atoms with Crippen LogP contribution in [0.5, 0.6) is 0 Å². The van der Waals surface area contributed by atoms with Crippen LogP contribution in [-0.4, -0.2) is 74.4 Å². The number of aliphatic hydroxyl groups excluding tert-OH is 2. The van der Waals surface area contributed by atoms with Crippen molar-refractivity contribution in [3.63, 3.8) is 0 Å². The third kappa shape index (κ3) is 3.05. The van der Waals surface area contributed by atoms with Gasteiger partial charge in [0.25, 0.3) is 5.91 Å². The molecule has 8 atom stereocenters. The van der Waals surface area contributed by atoms with Crippen LogP contribution in [0, 0.1) is 11.3 Å². The maximum atomic E-state index is 13.4. The van der Waals surface area contributed by atoms with Crippen LogP contribution >= 0.6 is 11.6 Å². The number of aliphatic hydroxyl groups is 2. The summed E-state index contributed by atoms with van der Waals surface area (Å²) in [5, 5.41) is 25.0. The third-order valence-electron chi connectivity index (χ3n) is 9.81. The number of pyridine rings is 1. The second-order valence-electron chi connectivity index (χ2n) is 11.6. The summed E-state index contributed by atoms with van der Waals surface area (Å²) in [6.45, 7) is 2.18. The van der Waals surface area contributed by atoms with E-state index in [1.54, 1.807) is 18.5 Å². The number of fused-ring (bicyclic) bond motifs is 1. The van der Waals surface area contributed by atoms with Crippen LogP contribution in [0.15, 0.2) is 47.8 Å². The highest BCUT2D eigenvalue weighted by atomic mass is 35.5. The first kappa shape index (κ1) is 23.6. The van der Waals surface area contributed by atoms with E-state index in [2.05, 4.69) is 23.3 Å². The molecule has 7 nitrogen and oxygen atoms in total. The fourth-order valence-corrected chi connectivity index (χ4v) is 8.45. The van der Waals surface area contributed by atoms with E-state index in [1.807, 2.05) is 31.1 Å². The quantitative estimate of drug-likeness (QED) is 0.437. The van der Waals surface area contributed by atoms with Crippen molar-refractivity contribution in [3.05, 3.63) is 47.8 Å². The van der Waals surface area contributed by atoms with E-state index in [-0.39, 0.29) is 23.3 Å². The first-order chi connectivity index (χ1) is 16.6. The van der Waals surface area contributed by atoms with Gasteiger partial charge in [0.1, 0.15) is 6.10 Å². The molecule has 1 saturated heterocycles. The SMILES string of the molecule is CN(C)C1CC23CCC4(O2)C2CC=C(C(=O)Nc5cccnc5)C2(C)CCC4(Cl)C=C3C(O)C1O. The monoisotopic (exact) mass is 499 g/mol. The van der Waals surface area contributed by atoms with E-state index in [0.29, 0.717) is 18.5 Å². The van der Waals surface area contributed by atoms with Crippen LogP contribution in [0.3, 0.4) is 0 Å². The zero-order valence-electron chi connectivity index (χ0n) is 20.5. The van der Waals surface area contributed by atoms with Gasteiger partial charge in [0.15, 0.2) is 0 Å². The number of allylic oxidation sites excluding steroid dienone is 1. The standard InChI is InChI=1S/C27H34ClN3O4/c1-24-8-10-26(28)13-18-21(32)22(33)19(31(2)3)14-25(18)9-11-27(26,35-25)20(24)7-6-17(24)23(34)30-16-5-4-12-29-15-16/h4-6,12-13,15,19-22,32-33H,7-11,14H2,1-3H3,(H,30,34). The van der Waals surface area contributed by atoms with Crippen molar-refractivity contribution < 1.29 is 19.7 Å². The normalized spacial score (nSPS) is 45.8. The predicted molar refractivity (Wildman–Crippen MR) is 133 cm³/mol. The van der Waals surface area contributed by atoms with Crippen molar-refractivity contribution in [3.8, 4) is 0 Å². The summed E-state index contributed by atoms with van der Waals surface area (Å²) in [4.78, 5) is 18.7. The van der Waals surface area contributed by atoms with Gasteiger partial charge < -0.3 is 25.2 Å². The Labute approximate surface area is 211 Å². The summed E-state index contributed by atoms with van der Waals surface area (Å²) in [5.74, 6) is -0.0417. The number of carbonyl (C=O) groups excluding carboxylic acids is 1. The minimum atomic E-state index is -1.00. The van der Waals surface area contributed by atoms with Crippen LogP contribution in [0.4, 0.5) is 5.69 Å². The van der Waals surface area contributed by atoms with Crippen LogP contribution in [-0.2, 0) is 9.53 Å². The van der Waals surface area contributed by atoms with Crippen LogP contribution in [0.2, 0.25) is 0 Å². The molecular weight excluding hydrogens is 466 g/mol. The molecule has 1 amide bonds. The summed E-state index contributed by atoms with van der Waals surface area (Å²) in [7, 11) is 3.86. The lowest BCUT2D eigenvalue weighted by Gasteiger charge is -2.61. The highest BCUT2D eigenvalue weighted by molar-refractivity contribution is 6.26. The van der Waals surface area contributed by atoms with E-state index in [0.717, 1.165) is 36.8 Å². The van der Waals surface area contributed by atoms with Crippen molar-refractivity contribution in [2.24, 2.45) is 11.3 Å². The molecule has 3 fully saturated rings. The number of carbonyl (C=O) groups is 1. The van der Waals surface area contributed by atoms with Gasteiger partial charge in [-0.25, -0.2) is 0 Å². The molecule has 35 heavy (non-hydrogen) atoms. The Bertz CT molecular complexity index is 1120. The topological polar surface area (TPSA) is 94.9 Å². The van der Waals surface area contributed by atoms with Crippen molar-refractivity contribution in [2.45, 2.75) is 79.8 Å². The summed E-state index contributed by atoms with van der Waals surface area (Å²) in [6.07, 6.45) is 9.80. The van der Waals surface area contributed by atoms with Crippen LogP contribution in [0.1, 0.15) is 45.4 Å². The molecule has 5 aliphatic rings. The predicted octanol–water partition coefficient (Wildman–Crippen LogP) is 3.03. The van der Waals surface area contributed by atoms with Gasteiger partial charge in [-0.1, -0.05) is 19.1 Å². The second kappa shape index (κ2) is 7.62. The molecule has 2 saturated carbocycles. The fraction of sp³-hybridized carbons (Fsp3) is 0.630. The molecule has 1 aromatic rings. The van der Waals surface area contributed by atoms with E-state index in [9.17, 15) is 15.0 Å². The lowest BCUT2D eigenvalue weighted by Crippen LogP contribution is -2.68. The number of hydrogen-bond donors (Lipinski definition) is 3. The summed E-state index contributed by atoms with van der Waals surface area (Å²) >= 11 is 7.44. The largest absolute Gasteiger partial charge is 0.388 e. The fourth-order valence-electron chi connectivity index (χ4n) is 7.97. The smallest absolute Gasteiger partial charge is 0.251 e.